The molecule has 0 heterocycles. The second kappa shape index (κ2) is 3.29. The summed E-state index contributed by atoms with van der Waals surface area (Å²) in [5.41, 5.74) is 5.94. The van der Waals surface area contributed by atoms with E-state index in [1.165, 1.54) is 0 Å². The Balaban J connectivity index is 2.35. The van der Waals surface area contributed by atoms with E-state index in [1.54, 1.807) is 0 Å². The Bertz CT molecular complexity index is 211. The van der Waals surface area contributed by atoms with E-state index < -0.39 is 0 Å². The van der Waals surface area contributed by atoms with Crippen molar-refractivity contribution in [2.24, 2.45) is 17.1 Å². The monoisotopic (exact) mass is 184 g/mol. The Morgan fingerprint density at radius 3 is 2.31 bits per heavy atom. The largest absolute Gasteiger partial charge is 0.353 e. The molecule has 0 spiro atoms. The van der Waals surface area contributed by atoms with Crippen LogP contribution in [0.15, 0.2) is 0 Å². The fourth-order valence-corrected chi connectivity index (χ4v) is 1.26. The number of hydrogen-bond acceptors (Lipinski definition) is 2. The molecule has 0 saturated heterocycles. The highest BCUT2D eigenvalue weighted by molar-refractivity contribution is 5.79. The molecule has 3 nitrogen and oxygen atoms in total. The first-order valence-electron chi connectivity index (χ1n) is 4.90. The number of rotatable bonds is 3. The molecule has 0 aliphatic heterocycles. The lowest BCUT2D eigenvalue weighted by atomic mass is 10.0. The molecule has 1 aliphatic rings. The van der Waals surface area contributed by atoms with Crippen LogP contribution in [0.3, 0.4) is 0 Å². The fraction of sp³-hybridized carbons (Fsp3) is 0.900. The van der Waals surface area contributed by atoms with E-state index in [1.807, 2.05) is 13.8 Å². The van der Waals surface area contributed by atoms with E-state index in [2.05, 4.69) is 19.2 Å². The molecular weight excluding hydrogens is 164 g/mol. The van der Waals surface area contributed by atoms with Crippen molar-refractivity contribution >= 4 is 5.91 Å². The predicted molar refractivity (Wildman–Crippen MR) is 53.1 cm³/mol. The fourth-order valence-electron chi connectivity index (χ4n) is 1.26. The van der Waals surface area contributed by atoms with E-state index in [4.69, 9.17) is 5.73 Å². The van der Waals surface area contributed by atoms with Gasteiger partial charge in [0, 0.05) is 18.0 Å². The van der Waals surface area contributed by atoms with Gasteiger partial charge in [-0.15, -0.1) is 0 Å². The summed E-state index contributed by atoms with van der Waals surface area (Å²) in [6.45, 7) is 8.06. The lowest BCUT2D eigenvalue weighted by Crippen LogP contribution is -2.40. The van der Waals surface area contributed by atoms with Gasteiger partial charge >= 0.3 is 0 Å². The summed E-state index contributed by atoms with van der Waals surface area (Å²) in [5.74, 6) is 0.00183. The van der Waals surface area contributed by atoms with Gasteiger partial charge in [0.25, 0.3) is 0 Å². The second-order valence-electron chi connectivity index (χ2n) is 4.90. The van der Waals surface area contributed by atoms with Crippen molar-refractivity contribution < 1.29 is 4.79 Å². The smallest absolute Gasteiger partial charge is 0.224 e. The van der Waals surface area contributed by atoms with Crippen LogP contribution in [0.1, 0.15) is 34.1 Å². The molecule has 0 bridgehead atoms. The molecule has 3 N–H and O–H groups in total. The first-order valence-corrected chi connectivity index (χ1v) is 4.90. The molecule has 1 amide bonds. The number of amides is 1. The normalized spacial score (nSPS) is 29.2. The molecule has 13 heavy (non-hydrogen) atoms. The zero-order chi connectivity index (χ0) is 10.2. The van der Waals surface area contributed by atoms with Gasteiger partial charge in [0.05, 0.1) is 0 Å². The van der Waals surface area contributed by atoms with Gasteiger partial charge in [-0.05, 0) is 18.8 Å². The van der Waals surface area contributed by atoms with Crippen molar-refractivity contribution in [3.8, 4) is 0 Å². The topological polar surface area (TPSA) is 55.1 Å². The Hall–Kier alpha value is -0.570. The van der Waals surface area contributed by atoms with Gasteiger partial charge in [-0.1, -0.05) is 20.8 Å². The standard InChI is InChI=1S/C10H20N2O/c1-6(7(2)11)9(13)12-8-5-10(8,3)4/h6-8H,5,11H2,1-4H3,(H,12,13). The van der Waals surface area contributed by atoms with Crippen molar-refractivity contribution in [3.05, 3.63) is 0 Å². The second-order valence-corrected chi connectivity index (χ2v) is 4.90. The van der Waals surface area contributed by atoms with Gasteiger partial charge in [0.2, 0.25) is 5.91 Å². The SMILES string of the molecule is CC(N)C(C)C(=O)NC1CC1(C)C. The quantitative estimate of drug-likeness (QED) is 0.684. The minimum atomic E-state index is -0.0867. The Morgan fingerprint density at radius 2 is 2.00 bits per heavy atom. The van der Waals surface area contributed by atoms with Crippen LogP contribution in [0.2, 0.25) is 0 Å². The van der Waals surface area contributed by atoms with Gasteiger partial charge in [-0.2, -0.15) is 0 Å². The number of carbonyl (C=O) groups excluding carboxylic acids is 1. The maximum Gasteiger partial charge on any atom is 0.224 e. The van der Waals surface area contributed by atoms with Crippen LogP contribution < -0.4 is 11.1 Å². The van der Waals surface area contributed by atoms with Crippen LogP contribution in [0.4, 0.5) is 0 Å². The molecule has 0 radical (unpaired) electrons. The van der Waals surface area contributed by atoms with Gasteiger partial charge < -0.3 is 11.1 Å². The van der Waals surface area contributed by atoms with E-state index in [-0.39, 0.29) is 17.9 Å². The maximum atomic E-state index is 11.5. The van der Waals surface area contributed by atoms with Crippen LogP contribution in [0.5, 0.6) is 0 Å². The van der Waals surface area contributed by atoms with Crippen molar-refractivity contribution in [1.29, 1.82) is 0 Å². The van der Waals surface area contributed by atoms with Crippen molar-refractivity contribution in [2.75, 3.05) is 0 Å². The first kappa shape index (κ1) is 10.5. The third-order valence-electron chi connectivity index (χ3n) is 3.03. The van der Waals surface area contributed by atoms with Crippen LogP contribution in [-0.2, 0) is 4.79 Å². The van der Waals surface area contributed by atoms with Crippen molar-refractivity contribution in [2.45, 2.75) is 46.2 Å². The lowest BCUT2D eigenvalue weighted by molar-refractivity contribution is -0.125. The third kappa shape index (κ3) is 2.44. The van der Waals surface area contributed by atoms with E-state index in [0.717, 1.165) is 6.42 Å². The summed E-state index contributed by atoms with van der Waals surface area (Å²) < 4.78 is 0. The molecule has 3 unspecified atom stereocenters. The molecule has 0 aromatic carbocycles. The molecule has 3 atom stereocenters. The third-order valence-corrected chi connectivity index (χ3v) is 3.03. The summed E-state index contributed by atoms with van der Waals surface area (Å²) in [7, 11) is 0. The molecule has 1 aliphatic carbocycles. The molecule has 1 rings (SSSR count). The summed E-state index contributed by atoms with van der Waals surface area (Å²) in [6.07, 6.45) is 1.09. The van der Waals surface area contributed by atoms with Gasteiger partial charge in [-0.25, -0.2) is 0 Å². The lowest BCUT2D eigenvalue weighted by Gasteiger charge is -2.15. The zero-order valence-corrected chi connectivity index (χ0v) is 8.92. The van der Waals surface area contributed by atoms with Crippen LogP contribution in [0, 0.1) is 11.3 Å². The zero-order valence-electron chi connectivity index (χ0n) is 8.92. The van der Waals surface area contributed by atoms with Gasteiger partial charge in [0.1, 0.15) is 0 Å². The highest BCUT2D eigenvalue weighted by atomic mass is 16.2. The molecule has 0 aromatic heterocycles. The number of nitrogens with two attached hydrogens (primary N) is 1. The molecular formula is C10H20N2O. The first-order chi connectivity index (χ1) is 5.84. The van der Waals surface area contributed by atoms with Crippen LogP contribution in [0.25, 0.3) is 0 Å². The van der Waals surface area contributed by atoms with Crippen molar-refractivity contribution in [3.63, 3.8) is 0 Å². The minimum Gasteiger partial charge on any atom is -0.353 e. The Morgan fingerprint density at radius 1 is 1.54 bits per heavy atom. The number of carbonyl (C=O) groups is 1. The molecule has 3 heteroatoms. The van der Waals surface area contributed by atoms with E-state index in [9.17, 15) is 4.79 Å². The Labute approximate surface area is 80.1 Å². The summed E-state index contributed by atoms with van der Waals surface area (Å²) in [6, 6.07) is 0.295. The van der Waals surface area contributed by atoms with E-state index in [0.29, 0.717) is 11.5 Å². The van der Waals surface area contributed by atoms with Gasteiger partial charge in [-0.3, -0.25) is 4.79 Å². The van der Waals surface area contributed by atoms with Crippen LogP contribution >= 0.6 is 0 Å². The van der Waals surface area contributed by atoms with Crippen molar-refractivity contribution in [1.82, 2.24) is 5.32 Å². The van der Waals surface area contributed by atoms with E-state index >= 15 is 0 Å². The molecule has 1 saturated carbocycles. The summed E-state index contributed by atoms with van der Waals surface area (Å²) in [4.78, 5) is 11.5. The van der Waals surface area contributed by atoms with Crippen LogP contribution in [-0.4, -0.2) is 18.0 Å². The average Bonchev–Trinajstić information content (AvgIpc) is 2.56. The predicted octanol–water partition coefficient (Wildman–Crippen LogP) is 0.884. The maximum absolute atomic E-state index is 11.5. The highest BCUT2D eigenvalue weighted by Gasteiger charge is 2.46. The van der Waals surface area contributed by atoms with Gasteiger partial charge in [0.15, 0.2) is 0 Å². The highest BCUT2D eigenvalue weighted by Crippen LogP contribution is 2.44. The average molecular weight is 184 g/mol. The number of nitrogens with one attached hydrogen (secondary N) is 1. The molecule has 76 valence electrons. The summed E-state index contributed by atoms with van der Waals surface area (Å²) >= 11 is 0. The number of hydrogen-bond donors (Lipinski definition) is 2. The summed E-state index contributed by atoms with van der Waals surface area (Å²) in [5, 5.41) is 3.01. The Kier molecular flexibility index (Phi) is 2.66. The minimum absolute atomic E-state index is 0.0677. The molecule has 0 aromatic rings. The molecule has 1 fully saturated rings.